The molecule has 2 aromatic rings. The number of methoxy groups -OCH3 is 1. The van der Waals surface area contributed by atoms with E-state index in [0.29, 0.717) is 0 Å². The maximum Gasteiger partial charge on any atom is 0.315 e. The molecule has 0 radical (unpaired) electrons. The Labute approximate surface area is 140 Å². The second kappa shape index (κ2) is 4.93. The van der Waals surface area contributed by atoms with Gasteiger partial charge < -0.3 is 9.72 Å². The van der Waals surface area contributed by atoms with E-state index in [1.165, 1.54) is 7.11 Å². The Balaban J connectivity index is 1.84. The third-order valence-electron chi connectivity index (χ3n) is 6.20. The van der Waals surface area contributed by atoms with Crippen molar-refractivity contribution in [2.45, 2.75) is 24.8 Å². The first kappa shape index (κ1) is 14.2. The molecule has 0 saturated carbocycles. The highest BCUT2D eigenvalue weighted by atomic mass is 16.5. The predicted octanol–water partition coefficient (Wildman–Crippen LogP) is 2.39. The quantitative estimate of drug-likeness (QED) is 0.818. The zero-order chi connectivity index (χ0) is 16.4. The minimum atomic E-state index is -0.502. The van der Waals surface area contributed by atoms with E-state index in [4.69, 9.17) is 4.74 Å². The van der Waals surface area contributed by atoms with Gasteiger partial charge in [0.05, 0.1) is 7.11 Å². The number of H-pyrrole nitrogens is 1. The van der Waals surface area contributed by atoms with Crippen LogP contribution in [0, 0.1) is 11.8 Å². The van der Waals surface area contributed by atoms with E-state index in [2.05, 4.69) is 16.0 Å². The number of carbonyl (C=O) groups is 2. The number of rotatable bonds is 1. The van der Waals surface area contributed by atoms with Gasteiger partial charge in [-0.3, -0.25) is 14.5 Å². The van der Waals surface area contributed by atoms with Crippen LogP contribution < -0.4 is 0 Å². The van der Waals surface area contributed by atoms with Gasteiger partial charge in [0.1, 0.15) is 11.7 Å². The summed E-state index contributed by atoms with van der Waals surface area (Å²) < 4.78 is 5.09. The number of benzene rings is 1. The SMILES string of the molecule is COC(=O)[C@@H]1c2[nH]c3ccccc3c2[C@H]2[C@@H]3CCN2CC[C@H]1C3=O. The summed E-state index contributed by atoms with van der Waals surface area (Å²) in [5, 5.41) is 1.14. The third-order valence-corrected chi connectivity index (χ3v) is 6.20. The fraction of sp³-hybridized carbons (Fsp3) is 0.474. The highest BCUT2D eigenvalue weighted by Crippen LogP contribution is 2.52. The Morgan fingerprint density at radius 1 is 1.21 bits per heavy atom. The van der Waals surface area contributed by atoms with Gasteiger partial charge in [0, 0.05) is 34.5 Å². The summed E-state index contributed by atoms with van der Waals surface area (Å²) in [4.78, 5) is 31.7. The summed E-state index contributed by atoms with van der Waals surface area (Å²) in [7, 11) is 1.41. The van der Waals surface area contributed by atoms with Crippen molar-refractivity contribution >= 4 is 22.7 Å². The summed E-state index contributed by atoms with van der Waals surface area (Å²) in [6.45, 7) is 1.85. The highest BCUT2D eigenvalue weighted by Gasteiger charge is 2.53. The Morgan fingerprint density at radius 3 is 2.75 bits per heavy atom. The van der Waals surface area contributed by atoms with E-state index in [9.17, 15) is 9.59 Å². The van der Waals surface area contributed by atoms with Gasteiger partial charge in [-0.2, -0.15) is 0 Å². The Hall–Kier alpha value is -2.14. The molecular weight excluding hydrogens is 304 g/mol. The van der Waals surface area contributed by atoms with E-state index >= 15 is 0 Å². The summed E-state index contributed by atoms with van der Waals surface area (Å²) in [5.74, 6) is -0.814. The molecule has 5 atom stereocenters. The molecular formula is C19H20N2O3. The van der Waals surface area contributed by atoms with Crippen molar-refractivity contribution < 1.29 is 14.3 Å². The Kier molecular flexibility index (Phi) is 2.92. The Bertz CT molecular complexity index is 855. The minimum Gasteiger partial charge on any atom is -0.468 e. The van der Waals surface area contributed by atoms with Crippen LogP contribution in [-0.4, -0.2) is 41.8 Å². The standard InChI is InChI=1S/C19H20N2O3/c1-24-19(23)15-11-6-8-21-9-7-12(18(11)22)17(21)14-10-4-2-3-5-13(10)20-16(14)15/h2-5,11-12,15,17,20H,6-9H2,1H3/t11-,12+,15+,17-/m1/s1. The zero-order valence-corrected chi connectivity index (χ0v) is 13.6. The molecule has 2 fully saturated rings. The molecule has 5 heteroatoms. The van der Waals surface area contributed by atoms with Gasteiger partial charge in [0.25, 0.3) is 0 Å². The van der Waals surface area contributed by atoms with Gasteiger partial charge in [-0.15, -0.1) is 0 Å². The highest BCUT2D eigenvalue weighted by molar-refractivity contribution is 5.97. The first-order chi connectivity index (χ1) is 11.7. The average molecular weight is 324 g/mol. The number of para-hydroxylation sites is 1. The van der Waals surface area contributed by atoms with Crippen LogP contribution in [0.5, 0.6) is 0 Å². The fourth-order valence-electron chi connectivity index (χ4n) is 5.20. The maximum absolute atomic E-state index is 13.2. The lowest BCUT2D eigenvalue weighted by molar-refractivity contribution is -0.146. The monoisotopic (exact) mass is 324 g/mol. The van der Waals surface area contributed by atoms with Crippen LogP contribution in [0.3, 0.4) is 0 Å². The van der Waals surface area contributed by atoms with Crippen LogP contribution >= 0.6 is 0 Å². The van der Waals surface area contributed by atoms with Crippen molar-refractivity contribution in [3.05, 3.63) is 35.5 Å². The van der Waals surface area contributed by atoms with Crippen LogP contribution in [0.25, 0.3) is 10.9 Å². The van der Waals surface area contributed by atoms with Crippen LogP contribution in [0.15, 0.2) is 24.3 Å². The van der Waals surface area contributed by atoms with E-state index in [-0.39, 0.29) is 29.6 Å². The number of nitrogens with one attached hydrogen (secondary N) is 1. The molecule has 3 heterocycles. The maximum atomic E-state index is 13.2. The molecule has 1 aromatic heterocycles. The smallest absolute Gasteiger partial charge is 0.315 e. The van der Waals surface area contributed by atoms with Gasteiger partial charge in [0.15, 0.2) is 0 Å². The number of hydrogen-bond donors (Lipinski definition) is 1. The van der Waals surface area contributed by atoms with Gasteiger partial charge in [-0.1, -0.05) is 18.2 Å². The van der Waals surface area contributed by atoms with Crippen LogP contribution in [0.2, 0.25) is 0 Å². The lowest BCUT2D eigenvalue weighted by atomic mass is 9.81. The predicted molar refractivity (Wildman–Crippen MR) is 88.6 cm³/mol. The number of ketones is 1. The van der Waals surface area contributed by atoms with Crippen LogP contribution in [0.4, 0.5) is 0 Å². The molecule has 1 aliphatic carbocycles. The fourth-order valence-corrected chi connectivity index (χ4v) is 5.20. The first-order valence-electron chi connectivity index (χ1n) is 8.67. The summed E-state index contributed by atoms with van der Waals surface area (Å²) >= 11 is 0. The number of esters is 1. The zero-order valence-electron chi connectivity index (χ0n) is 13.6. The number of hydrogen-bond acceptors (Lipinski definition) is 4. The van der Waals surface area contributed by atoms with Crippen LogP contribution in [0.1, 0.15) is 36.1 Å². The van der Waals surface area contributed by atoms with Crippen molar-refractivity contribution in [3.63, 3.8) is 0 Å². The number of aromatic amines is 1. The van der Waals surface area contributed by atoms with Gasteiger partial charge in [-0.25, -0.2) is 0 Å². The molecule has 5 nitrogen and oxygen atoms in total. The van der Waals surface area contributed by atoms with Crippen molar-refractivity contribution in [1.82, 2.24) is 9.88 Å². The molecule has 2 saturated heterocycles. The second-order valence-corrected chi connectivity index (χ2v) is 7.17. The number of Topliss-reactive ketones (excluding diaryl/α,β-unsaturated/α-hetero) is 1. The van der Waals surface area contributed by atoms with Crippen LogP contribution in [-0.2, 0) is 14.3 Å². The summed E-state index contributed by atoms with van der Waals surface area (Å²) in [6.07, 6.45) is 1.63. The third kappa shape index (κ3) is 1.68. The van der Waals surface area contributed by atoms with Gasteiger partial charge in [0.2, 0.25) is 0 Å². The van der Waals surface area contributed by atoms with Gasteiger partial charge in [-0.05, 0) is 37.6 Å². The average Bonchev–Trinajstić information content (AvgIpc) is 3.09. The summed E-state index contributed by atoms with van der Waals surface area (Å²) in [5.41, 5.74) is 3.09. The second-order valence-electron chi connectivity index (χ2n) is 7.17. The van der Waals surface area contributed by atoms with E-state index < -0.39 is 5.92 Å². The molecule has 124 valence electrons. The van der Waals surface area contributed by atoms with E-state index in [1.54, 1.807) is 0 Å². The minimum absolute atomic E-state index is 0.00473. The van der Waals surface area contributed by atoms with Gasteiger partial charge >= 0.3 is 5.97 Å². The van der Waals surface area contributed by atoms with Crippen molar-refractivity contribution in [1.29, 1.82) is 0 Å². The molecule has 1 unspecified atom stereocenters. The van der Waals surface area contributed by atoms with E-state index in [0.717, 1.165) is 48.1 Å². The molecule has 2 aliphatic heterocycles. The lowest BCUT2D eigenvalue weighted by Gasteiger charge is -2.29. The number of aromatic nitrogens is 1. The molecule has 0 spiro atoms. The normalized spacial score (nSPS) is 34.0. The molecule has 1 aromatic carbocycles. The molecule has 3 aliphatic rings. The van der Waals surface area contributed by atoms with Crippen molar-refractivity contribution in [3.8, 4) is 0 Å². The molecule has 4 bridgehead atoms. The number of carbonyl (C=O) groups excluding carboxylic acids is 2. The topological polar surface area (TPSA) is 62.4 Å². The largest absolute Gasteiger partial charge is 0.468 e. The summed E-state index contributed by atoms with van der Waals surface area (Å²) in [6, 6.07) is 8.26. The molecule has 1 N–H and O–H groups in total. The number of fused-ring (bicyclic) bond motifs is 4. The molecule has 5 rings (SSSR count). The first-order valence-corrected chi connectivity index (χ1v) is 8.67. The van der Waals surface area contributed by atoms with Crippen molar-refractivity contribution in [2.75, 3.05) is 20.2 Å². The Morgan fingerprint density at radius 2 is 1.96 bits per heavy atom. The lowest BCUT2D eigenvalue weighted by Crippen LogP contribution is -2.33. The van der Waals surface area contributed by atoms with Crippen molar-refractivity contribution in [2.24, 2.45) is 11.8 Å². The molecule has 0 amide bonds. The number of ether oxygens (including phenoxy) is 1. The molecule has 24 heavy (non-hydrogen) atoms. The van der Waals surface area contributed by atoms with E-state index in [1.807, 2.05) is 18.2 Å². The number of nitrogens with zero attached hydrogens (tertiary/aromatic N) is 1.